The molecule has 0 fully saturated rings. The summed E-state index contributed by atoms with van der Waals surface area (Å²) in [7, 11) is 1.63. The first-order valence-electron chi connectivity index (χ1n) is 16.7. The second-order valence-corrected chi connectivity index (χ2v) is 13.7. The Morgan fingerprint density at radius 3 is 2.53 bits per heavy atom. The molecule has 49 heavy (non-hydrogen) atoms. The second-order valence-electron chi connectivity index (χ2n) is 12.2. The van der Waals surface area contributed by atoms with Crippen LogP contribution >= 0.6 is 23.4 Å². The highest BCUT2D eigenvalue weighted by Gasteiger charge is 2.34. The van der Waals surface area contributed by atoms with Gasteiger partial charge in [0.1, 0.15) is 17.1 Å². The third-order valence-electron chi connectivity index (χ3n) is 8.89. The number of amides is 3. The van der Waals surface area contributed by atoms with Gasteiger partial charge in [-0.15, -0.1) is 0 Å². The number of carbonyl (C=O) groups excluding carboxylic acids is 3. The summed E-state index contributed by atoms with van der Waals surface area (Å²) in [6, 6.07) is 14.9. The molecule has 4 aromatic rings. The molecule has 0 bridgehead atoms. The predicted octanol–water partition coefficient (Wildman–Crippen LogP) is 3.88. The van der Waals surface area contributed by atoms with E-state index >= 15 is 0 Å². The Bertz CT molecular complexity index is 1750. The molecular formula is C36H45ClN8O3S. The molecule has 13 heteroatoms. The van der Waals surface area contributed by atoms with Gasteiger partial charge in [0.05, 0.1) is 6.04 Å². The van der Waals surface area contributed by atoms with E-state index in [-0.39, 0.29) is 30.7 Å². The molecule has 3 amide bonds. The Morgan fingerprint density at radius 1 is 0.918 bits per heavy atom. The Kier molecular flexibility index (Phi) is 13.1. The van der Waals surface area contributed by atoms with Gasteiger partial charge in [0.25, 0.3) is 0 Å². The molecule has 0 saturated heterocycles. The molecule has 3 heterocycles. The van der Waals surface area contributed by atoms with Crippen molar-refractivity contribution in [1.29, 1.82) is 0 Å². The van der Waals surface area contributed by atoms with Gasteiger partial charge in [0.15, 0.2) is 0 Å². The minimum atomic E-state index is -0.886. The number of pyridine rings is 1. The largest absolute Gasteiger partial charge is 0.361 e. The van der Waals surface area contributed by atoms with Crippen LogP contribution in [0.2, 0.25) is 5.02 Å². The zero-order valence-electron chi connectivity index (χ0n) is 27.7. The molecule has 11 nitrogen and oxygen atoms in total. The fourth-order valence-electron chi connectivity index (χ4n) is 6.07. The number of H-pyrrole nitrogens is 1. The van der Waals surface area contributed by atoms with Crippen LogP contribution in [0, 0.1) is 0 Å². The van der Waals surface area contributed by atoms with Crippen LogP contribution in [0.3, 0.4) is 0 Å². The van der Waals surface area contributed by atoms with Crippen LogP contribution in [-0.4, -0.2) is 70.9 Å². The summed E-state index contributed by atoms with van der Waals surface area (Å²) in [4.78, 5) is 52.7. The third-order valence-corrected chi connectivity index (χ3v) is 10.4. The average molecular weight is 705 g/mol. The van der Waals surface area contributed by atoms with Gasteiger partial charge >= 0.3 is 0 Å². The molecule has 0 aliphatic carbocycles. The first kappa shape index (κ1) is 36.3. The van der Waals surface area contributed by atoms with Crippen LogP contribution in [0.4, 0.5) is 0 Å². The number of fused-ring (bicyclic) bond motifs is 3. The lowest BCUT2D eigenvalue weighted by atomic mass is 10.0. The summed E-state index contributed by atoms with van der Waals surface area (Å²) < 4.78 is 0. The molecule has 2 aromatic heterocycles. The van der Waals surface area contributed by atoms with Gasteiger partial charge in [-0.2, -0.15) is 0 Å². The standard InChI is InChI=1S/C36H45ClN8O3S/c1-45-31(19-24-21-41-28-12-3-2-10-25(24)28)34(47)43-22-26-27(37)11-6-15-32(26)49-35-23(9-8-18-40-35)20-42-29(14-7-17-39)33(46)44-30(36(45)48)13-4-5-16-38/h2-3,6,8-12,15,18,21,29-31,41-42H,4-5,7,13-14,16-17,19-20,22,38-39H2,1H3,(H,43,47)(H,44,46)/t29-,30-,31-/m0/s1. The molecule has 8 N–H and O–H groups in total. The first-order valence-corrected chi connectivity index (χ1v) is 17.9. The number of halogens is 1. The van der Waals surface area contributed by atoms with E-state index in [9.17, 15) is 14.4 Å². The fraction of sp³-hybridized carbons (Fsp3) is 0.389. The summed E-state index contributed by atoms with van der Waals surface area (Å²) in [6.07, 6.45) is 6.65. The number of hydrogen-bond acceptors (Lipinski definition) is 8. The molecule has 2 aromatic carbocycles. The van der Waals surface area contributed by atoms with Crippen LogP contribution < -0.4 is 27.4 Å². The summed E-state index contributed by atoms with van der Waals surface area (Å²) >= 11 is 8.19. The van der Waals surface area contributed by atoms with Crippen molar-refractivity contribution in [3.05, 3.63) is 88.7 Å². The smallest absolute Gasteiger partial charge is 0.245 e. The van der Waals surface area contributed by atoms with Gasteiger partial charge in [-0.1, -0.05) is 53.7 Å². The van der Waals surface area contributed by atoms with Crippen molar-refractivity contribution < 1.29 is 14.4 Å². The van der Waals surface area contributed by atoms with Crippen LogP contribution in [0.1, 0.15) is 48.8 Å². The highest BCUT2D eigenvalue weighted by molar-refractivity contribution is 7.99. The molecule has 260 valence electrons. The van der Waals surface area contributed by atoms with Crippen LogP contribution in [0.25, 0.3) is 10.9 Å². The quantitative estimate of drug-likeness (QED) is 0.143. The minimum Gasteiger partial charge on any atom is -0.361 e. The van der Waals surface area contributed by atoms with E-state index in [0.717, 1.165) is 37.5 Å². The lowest BCUT2D eigenvalue weighted by molar-refractivity contribution is -0.142. The molecular weight excluding hydrogens is 660 g/mol. The van der Waals surface area contributed by atoms with Crippen molar-refractivity contribution in [3.63, 3.8) is 0 Å². The molecule has 1 aliphatic rings. The van der Waals surface area contributed by atoms with Gasteiger partial charge in [0.2, 0.25) is 17.7 Å². The van der Waals surface area contributed by atoms with E-state index < -0.39 is 18.1 Å². The van der Waals surface area contributed by atoms with Crippen molar-refractivity contribution in [2.45, 2.75) is 79.7 Å². The Morgan fingerprint density at radius 2 is 1.71 bits per heavy atom. The number of likely N-dealkylation sites (N-methyl/N-ethyl adjacent to an activating group) is 1. The maximum atomic E-state index is 14.3. The Labute approximate surface area is 296 Å². The van der Waals surface area contributed by atoms with Crippen molar-refractivity contribution in [3.8, 4) is 0 Å². The van der Waals surface area contributed by atoms with Crippen LogP contribution in [0.15, 0.2) is 76.9 Å². The SMILES string of the molecule is CN1C(=O)[C@H](CCCCN)NC(=O)[C@H](CCCN)NCc2cccnc2Sc2cccc(Cl)c2CNC(=O)[C@@H]1Cc1c[nH]c2ccccc12. The molecule has 0 unspecified atom stereocenters. The second kappa shape index (κ2) is 17.6. The lowest BCUT2D eigenvalue weighted by Gasteiger charge is -2.32. The van der Waals surface area contributed by atoms with E-state index in [2.05, 4.69) is 25.9 Å². The topological polar surface area (TPSA) is 171 Å². The minimum absolute atomic E-state index is 0.144. The molecule has 5 rings (SSSR count). The summed E-state index contributed by atoms with van der Waals surface area (Å²) in [5.74, 6) is -0.990. The van der Waals surface area contributed by atoms with E-state index in [1.54, 1.807) is 19.3 Å². The fourth-order valence-corrected chi connectivity index (χ4v) is 7.41. The molecule has 1 aliphatic heterocycles. The van der Waals surface area contributed by atoms with Gasteiger partial charge in [-0.25, -0.2) is 4.98 Å². The number of benzene rings is 2. The lowest BCUT2D eigenvalue weighted by Crippen LogP contribution is -2.57. The normalized spacial score (nSPS) is 19.6. The van der Waals surface area contributed by atoms with E-state index in [0.29, 0.717) is 56.8 Å². The van der Waals surface area contributed by atoms with E-state index in [1.807, 2.05) is 54.7 Å². The number of nitrogens with zero attached hydrogens (tertiary/aromatic N) is 2. The predicted molar refractivity (Wildman–Crippen MR) is 194 cm³/mol. The Balaban J connectivity index is 1.55. The maximum Gasteiger partial charge on any atom is 0.245 e. The van der Waals surface area contributed by atoms with Crippen molar-refractivity contribution >= 4 is 52.0 Å². The summed E-state index contributed by atoms with van der Waals surface area (Å²) in [6.45, 7) is 1.39. The van der Waals surface area contributed by atoms with Gasteiger partial charge < -0.3 is 37.3 Å². The average Bonchev–Trinajstić information content (AvgIpc) is 3.52. The molecule has 0 radical (unpaired) electrons. The highest BCUT2D eigenvalue weighted by atomic mass is 35.5. The zero-order chi connectivity index (χ0) is 34.8. The molecule has 0 saturated carbocycles. The third kappa shape index (κ3) is 9.20. The number of aromatic nitrogens is 2. The summed E-state index contributed by atoms with van der Waals surface area (Å²) in [5.41, 5.74) is 15.1. The van der Waals surface area contributed by atoms with Crippen molar-refractivity contribution in [1.82, 2.24) is 30.8 Å². The number of carbonyl (C=O) groups is 3. The summed E-state index contributed by atoms with van der Waals surface area (Å²) in [5, 5.41) is 11.7. The van der Waals surface area contributed by atoms with Gasteiger partial charge in [-0.3, -0.25) is 14.4 Å². The van der Waals surface area contributed by atoms with Crippen LogP contribution in [0.5, 0.6) is 0 Å². The number of hydrogen-bond donors (Lipinski definition) is 6. The maximum absolute atomic E-state index is 14.3. The van der Waals surface area contributed by atoms with Crippen molar-refractivity contribution in [2.24, 2.45) is 11.5 Å². The zero-order valence-corrected chi connectivity index (χ0v) is 29.3. The first-order chi connectivity index (χ1) is 23.8. The highest BCUT2D eigenvalue weighted by Crippen LogP contribution is 2.35. The van der Waals surface area contributed by atoms with Crippen molar-refractivity contribution in [2.75, 3.05) is 20.1 Å². The van der Waals surface area contributed by atoms with Gasteiger partial charge in [0, 0.05) is 65.3 Å². The van der Waals surface area contributed by atoms with Gasteiger partial charge in [-0.05, 0) is 80.6 Å². The van der Waals surface area contributed by atoms with E-state index in [1.165, 1.54) is 16.7 Å². The number of para-hydroxylation sites is 1. The monoisotopic (exact) mass is 704 g/mol. The number of aromatic amines is 1. The Hall–Kier alpha value is -3.94. The number of rotatable bonds is 9. The molecule has 3 atom stereocenters. The van der Waals surface area contributed by atoms with Crippen LogP contribution in [-0.2, 0) is 33.9 Å². The number of unbranched alkanes of at least 4 members (excludes halogenated alkanes) is 1. The van der Waals surface area contributed by atoms with E-state index in [4.69, 9.17) is 23.1 Å². The number of nitrogens with two attached hydrogens (primary N) is 2. The molecule has 0 spiro atoms. The number of nitrogens with one attached hydrogen (secondary N) is 4.